The molecule has 0 spiro atoms. The highest BCUT2D eigenvalue weighted by Gasteiger charge is 2.29. The lowest BCUT2D eigenvalue weighted by Gasteiger charge is -2.37. The normalized spacial score (nSPS) is 24.6. The first-order chi connectivity index (χ1) is 8.97. The summed E-state index contributed by atoms with van der Waals surface area (Å²) < 4.78 is 2.11. The number of imidazole rings is 1. The lowest BCUT2D eigenvalue weighted by atomic mass is 9.71. The minimum absolute atomic E-state index is 0.484. The van der Waals surface area contributed by atoms with Crippen molar-refractivity contribution in [2.24, 2.45) is 18.4 Å². The fourth-order valence-electron chi connectivity index (χ4n) is 3.19. The first-order valence-electron chi connectivity index (χ1n) is 7.66. The zero-order valence-corrected chi connectivity index (χ0v) is 12.9. The number of hydrogen-bond acceptors (Lipinski definition) is 2. The van der Waals surface area contributed by atoms with Crippen molar-refractivity contribution in [2.75, 3.05) is 6.54 Å². The highest BCUT2D eigenvalue weighted by atomic mass is 15.0. The highest BCUT2D eigenvalue weighted by molar-refractivity contribution is 4.92. The average molecular weight is 263 g/mol. The predicted molar refractivity (Wildman–Crippen MR) is 80.1 cm³/mol. The third-order valence-electron chi connectivity index (χ3n) is 4.65. The van der Waals surface area contributed by atoms with Crippen LogP contribution in [0.4, 0.5) is 0 Å². The molecule has 1 heterocycles. The minimum atomic E-state index is 0.484. The smallest absolute Gasteiger partial charge is 0.109 e. The van der Waals surface area contributed by atoms with Gasteiger partial charge in [-0.25, -0.2) is 4.98 Å². The zero-order chi connectivity index (χ0) is 13.9. The van der Waals surface area contributed by atoms with Gasteiger partial charge in [0, 0.05) is 38.4 Å². The molecule has 1 fully saturated rings. The van der Waals surface area contributed by atoms with E-state index in [1.165, 1.54) is 31.5 Å². The maximum Gasteiger partial charge on any atom is 0.109 e. The molecule has 3 nitrogen and oxygen atoms in total. The molecule has 0 aliphatic heterocycles. The summed E-state index contributed by atoms with van der Waals surface area (Å²) in [5.41, 5.74) is 0.484. The largest absolute Gasteiger partial charge is 0.338 e. The molecule has 3 heteroatoms. The molecule has 1 saturated carbocycles. The summed E-state index contributed by atoms with van der Waals surface area (Å²) in [5.74, 6) is 2.08. The summed E-state index contributed by atoms with van der Waals surface area (Å²) in [6.07, 6.45) is 10.4. The summed E-state index contributed by atoms with van der Waals surface area (Å²) in [4.78, 5) is 4.37. The molecule has 1 aliphatic carbocycles. The summed E-state index contributed by atoms with van der Waals surface area (Å²) in [5, 5.41) is 3.71. The molecule has 1 aromatic heterocycles. The van der Waals surface area contributed by atoms with Crippen LogP contribution in [0.15, 0.2) is 12.4 Å². The Bertz CT molecular complexity index is 381. The van der Waals surface area contributed by atoms with Crippen LogP contribution in [0.25, 0.3) is 0 Å². The van der Waals surface area contributed by atoms with Crippen LogP contribution in [0, 0.1) is 11.3 Å². The summed E-state index contributed by atoms with van der Waals surface area (Å²) in [6.45, 7) is 8.20. The standard InChI is InChI=1S/C16H29N3/c1-16(2,3)13-5-7-14(8-6-13)17-10-9-15-18-11-12-19(15)4/h11-14,17H,5-10H2,1-4H3. The van der Waals surface area contributed by atoms with Crippen LogP contribution in [0.1, 0.15) is 52.3 Å². The fourth-order valence-corrected chi connectivity index (χ4v) is 3.19. The number of aryl methyl sites for hydroxylation is 1. The molecule has 108 valence electrons. The molecule has 0 saturated heterocycles. The van der Waals surface area contributed by atoms with Gasteiger partial charge in [0.2, 0.25) is 0 Å². The van der Waals surface area contributed by atoms with Crippen LogP contribution in [-0.4, -0.2) is 22.1 Å². The minimum Gasteiger partial charge on any atom is -0.338 e. The number of aromatic nitrogens is 2. The molecule has 1 aliphatic rings. The highest BCUT2D eigenvalue weighted by Crippen LogP contribution is 2.37. The number of nitrogens with zero attached hydrogens (tertiary/aromatic N) is 2. The van der Waals surface area contributed by atoms with E-state index < -0.39 is 0 Å². The molecular formula is C16H29N3. The van der Waals surface area contributed by atoms with Gasteiger partial charge in [-0.1, -0.05) is 20.8 Å². The lowest BCUT2D eigenvalue weighted by Crippen LogP contribution is -2.37. The van der Waals surface area contributed by atoms with Gasteiger partial charge >= 0.3 is 0 Å². The van der Waals surface area contributed by atoms with Gasteiger partial charge in [-0.15, -0.1) is 0 Å². The third-order valence-corrected chi connectivity index (χ3v) is 4.65. The number of nitrogens with one attached hydrogen (secondary N) is 1. The van der Waals surface area contributed by atoms with Crippen molar-refractivity contribution in [1.82, 2.24) is 14.9 Å². The first kappa shape index (κ1) is 14.6. The van der Waals surface area contributed by atoms with Gasteiger partial charge in [-0.05, 0) is 37.0 Å². The Morgan fingerprint density at radius 3 is 2.47 bits per heavy atom. The first-order valence-corrected chi connectivity index (χ1v) is 7.66. The molecule has 0 atom stereocenters. The molecule has 1 N–H and O–H groups in total. The van der Waals surface area contributed by atoms with Crippen molar-refractivity contribution >= 4 is 0 Å². The zero-order valence-electron chi connectivity index (χ0n) is 12.9. The van der Waals surface area contributed by atoms with Gasteiger partial charge in [0.25, 0.3) is 0 Å². The van der Waals surface area contributed by atoms with Crippen molar-refractivity contribution in [3.8, 4) is 0 Å². The second kappa shape index (κ2) is 6.08. The van der Waals surface area contributed by atoms with Gasteiger partial charge < -0.3 is 9.88 Å². The Hall–Kier alpha value is -0.830. The van der Waals surface area contributed by atoms with Gasteiger partial charge in [0.05, 0.1) is 0 Å². The molecule has 0 aromatic carbocycles. The van der Waals surface area contributed by atoms with Crippen molar-refractivity contribution in [3.05, 3.63) is 18.2 Å². The molecule has 0 amide bonds. The van der Waals surface area contributed by atoms with Crippen molar-refractivity contribution in [3.63, 3.8) is 0 Å². The van der Waals surface area contributed by atoms with Crippen molar-refractivity contribution in [2.45, 2.75) is 58.9 Å². The molecule has 19 heavy (non-hydrogen) atoms. The predicted octanol–water partition coefficient (Wildman–Crippen LogP) is 3.16. The van der Waals surface area contributed by atoms with Crippen LogP contribution >= 0.6 is 0 Å². The molecule has 1 aromatic rings. The van der Waals surface area contributed by atoms with E-state index in [1.54, 1.807) is 0 Å². The molecule has 0 bridgehead atoms. The average Bonchev–Trinajstić information content (AvgIpc) is 2.75. The maximum absolute atomic E-state index is 4.37. The van der Waals surface area contributed by atoms with Gasteiger partial charge in [0.15, 0.2) is 0 Å². The topological polar surface area (TPSA) is 29.9 Å². The van der Waals surface area contributed by atoms with Gasteiger partial charge in [-0.3, -0.25) is 0 Å². The Morgan fingerprint density at radius 1 is 1.26 bits per heavy atom. The van der Waals surface area contributed by atoms with Crippen LogP contribution in [0.2, 0.25) is 0 Å². The Balaban J connectivity index is 1.68. The summed E-state index contributed by atoms with van der Waals surface area (Å²) >= 11 is 0. The molecule has 0 radical (unpaired) electrons. The van der Waals surface area contributed by atoms with E-state index >= 15 is 0 Å². The number of hydrogen-bond donors (Lipinski definition) is 1. The van der Waals surface area contributed by atoms with Gasteiger partial charge in [0.1, 0.15) is 5.82 Å². The van der Waals surface area contributed by atoms with Crippen LogP contribution in [-0.2, 0) is 13.5 Å². The van der Waals surface area contributed by atoms with E-state index in [4.69, 9.17) is 0 Å². The second-order valence-corrected chi connectivity index (χ2v) is 7.07. The van der Waals surface area contributed by atoms with E-state index in [-0.39, 0.29) is 0 Å². The Kier molecular flexibility index (Phi) is 4.67. The van der Waals surface area contributed by atoms with E-state index in [9.17, 15) is 0 Å². The van der Waals surface area contributed by atoms with Gasteiger partial charge in [-0.2, -0.15) is 0 Å². The summed E-state index contributed by atoms with van der Waals surface area (Å²) in [7, 11) is 2.07. The van der Waals surface area contributed by atoms with Crippen molar-refractivity contribution < 1.29 is 0 Å². The maximum atomic E-state index is 4.37. The Labute approximate surface area is 117 Å². The van der Waals surface area contributed by atoms with E-state index in [1.807, 2.05) is 12.4 Å². The third kappa shape index (κ3) is 4.07. The van der Waals surface area contributed by atoms with Crippen LogP contribution in [0.5, 0.6) is 0 Å². The monoisotopic (exact) mass is 263 g/mol. The van der Waals surface area contributed by atoms with E-state index in [2.05, 4.69) is 42.7 Å². The Morgan fingerprint density at radius 2 is 1.95 bits per heavy atom. The number of rotatable bonds is 4. The quantitative estimate of drug-likeness (QED) is 0.904. The van der Waals surface area contributed by atoms with Crippen molar-refractivity contribution in [1.29, 1.82) is 0 Å². The van der Waals surface area contributed by atoms with E-state index in [0.29, 0.717) is 5.41 Å². The lowest BCUT2D eigenvalue weighted by molar-refractivity contribution is 0.160. The second-order valence-electron chi connectivity index (χ2n) is 7.07. The van der Waals surface area contributed by atoms with Crippen LogP contribution in [0.3, 0.4) is 0 Å². The summed E-state index contributed by atoms with van der Waals surface area (Å²) in [6, 6.07) is 0.721. The van der Waals surface area contributed by atoms with Crippen LogP contribution < -0.4 is 5.32 Å². The molecule has 0 unspecified atom stereocenters. The van der Waals surface area contributed by atoms with E-state index in [0.717, 1.165) is 24.9 Å². The fraction of sp³-hybridized carbons (Fsp3) is 0.812. The SMILES string of the molecule is Cn1ccnc1CCNC1CCC(C(C)(C)C)CC1. The molecular weight excluding hydrogens is 234 g/mol. The molecule has 2 rings (SSSR count).